The first kappa shape index (κ1) is 14.1. The van der Waals surface area contributed by atoms with Gasteiger partial charge in [-0.25, -0.2) is 0 Å². The molecule has 0 fully saturated rings. The monoisotopic (exact) mass is 237 g/mol. The normalized spacial score (nSPS) is 12.9. The Kier molecular flexibility index (Phi) is 6.77. The van der Waals surface area contributed by atoms with Gasteiger partial charge < -0.3 is 15.0 Å². The van der Waals surface area contributed by atoms with E-state index in [1.165, 1.54) is 0 Å². The maximum Gasteiger partial charge on any atom is 0.0615 e. The quantitative estimate of drug-likeness (QED) is 0.688. The van der Waals surface area contributed by atoms with Crippen molar-refractivity contribution in [3.05, 3.63) is 30.1 Å². The van der Waals surface area contributed by atoms with Gasteiger partial charge in [0.15, 0.2) is 0 Å². The minimum absolute atomic E-state index is 0.455. The molecule has 96 valence electrons. The Morgan fingerprint density at radius 3 is 2.94 bits per heavy atom. The van der Waals surface area contributed by atoms with Crippen molar-refractivity contribution in [3.63, 3.8) is 0 Å². The Bertz CT molecular complexity index is 292. The standard InChI is InChI=1S/C13H23N3O/c1-12(11-17-3)16(2)9-8-14-10-13-6-4-5-7-15-13/h4-7,12,14H,8-11H2,1-3H3. The molecule has 4 heteroatoms. The zero-order valence-electron chi connectivity index (χ0n) is 11.0. The number of pyridine rings is 1. The minimum Gasteiger partial charge on any atom is -0.383 e. The van der Waals surface area contributed by atoms with Gasteiger partial charge in [0.2, 0.25) is 0 Å². The fraction of sp³-hybridized carbons (Fsp3) is 0.615. The summed E-state index contributed by atoms with van der Waals surface area (Å²) in [4.78, 5) is 6.55. The van der Waals surface area contributed by atoms with Crippen LogP contribution in [0.15, 0.2) is 24.4 Å². The van der Waals surface area contributed by atoms with E-state index in [1.54, 1.807) is 7.11 Å². The van der Waals surface area contributed by atoms with Crippen molar-refractivity contribution in [3.8, 4) is 0 Å². The Labute approximate surface area is 104 Å². The van der Waals surface area contributed by atoms with Gasteiger partial charge in [0, 0.05) is 39.0 Å². The molecule has 4 nitrogen and oxygen atoms in total. The molecule has 0 saturated carbocycles. The second-order valence-corrected chi connectivity index (χ2v) is 4.28. The van der Waals surface area contributed by atoms with E-state index in [1.807, 2.05) is 24.4 Å². The van der Waals surface area contributed by atoms with Crippen molar-refractivity contribution >= 4 is 0 Å². The molecule has 0 aliphatic heterocycles. The van der Waals surface area contributed by atoms with Crippen LogP contribution < -0.4 is 5.32 Å². The summed E-state index contributed by atoms with van der Waals surface area (Å²) in [5, 5.41) is 3.38. The fourth-order valence-electron chi connectivity index (χ4n) is 1.56. The Balaban J connectivity index is 2.12. The highest BCUT2D eigenvalue weighted by molar-refractivity contribution is 5.02. The predicted molar refractivity (Wildman–Crippen MR) is 69.9 cm³/mol. The first-order chi connectivity index (χ1) is 8.24. The van der Waals surface area contributed by atoms with Gasteiger partial charge in [0.25, 0.3) is 0 Å². The van der Waals surface area contributed by atoms with Crippen LogP contribution in [0.1, 0.15) is 12.6 Å². The summed E-state index contributed by atoms with van der Waals surface area (Å²) in [7, 11) is 3.86. The zero-order valence-corrected chi connectivity index (χ0v) is 11.0. The highest BCUT2D eigenvalue weighted by atomic mass is 16.5. The molecule has 1 aromatic rings. The second kappa shape index (κ2) is 8.17. The lowest BCUT2D eigenvalue weighted by atomic mass is 10.3. The molecule has 1 rings (SSSR count). The van der Waals surface area contributed by atoms with Crippen LogP contribution in [0.5, 0.6) is 0 Å². The van der Waals surface area contributed by atoms with E-state index in [-0.39, 0.29) is 0 Å². The highest BCUT2D eigenvalue weighted by Gasteiger charge is 2.07. The van der Waals surface area contributed by atoms with E-state index in [9.17, 15) is 0 Å². The van der Waals surface area contributed by atoms with Crippen molar-refractivity contribution in [1.29, 1.82) is 0 Å². The third-order valence-corrected chi connectivity index (χ3v) is 2.83. The topological polar surface area (TPSA) is 37.4 Å². The molecule has 0 aliphatic rings. The average molecular weight is 237 g/mol. The summed E-state index contributed by atoms with van der Waals surface area (Å²) in [6, 6.07) is 6.43. The lowest BCUT2D eigenvalue weighted by molar-refractivity contribution is 0.116. The molecule has 0 aliphatic carbocycles. The molecule has 0 aromatic carbocycles. The van der Waals surface area contributed by atoms with Gasteiger partial charge in [-0.15, -0.1) is 0 Å². The smallest absolute Gasteiger partial charge is 0.0615 e. The zero-order chi connectivity index (χ0) is 12.5. The molecule has 1 N–H and O–H groups in total. The molecule has 1 aromatic heterocycles. The van der Waals surface area contributed by atoms with E-state index < -0.39 is 0 Å². The van der Waals surface area contributed by atoms with Crippen molar-refractivity contribution in [2.45, 2.75) is 19.5 Å². The van der Waals surface area contributed by atoms with Crippen LogP contribution in [0.25, 0.3) is 0 Å². The highest BCUT2D eigenvalue weighted by Crippen LogP contribution is 1.95. The summed E-state index contributed by atoms with van der Waals surface area (Å²) in [6.07, 6.45) is 1.82. The predicted octanol–water partition coefficient (Wildman–Crippen LogP) is 1.14. The first-order valence-electron chi connectivity index (χ1n) is 6.04. The summed E-state index contributed by atoms with van der Waals surface area (Å²) in [6.45, 7) is 5.74. The number of rotatable bonds is 8. The molecule has 0 spiro atoms. The molecule has 1 heterocycles. The van der Waals surface area contributed by atoms with Crippen LogP contribution in [0.4, 0.5) is 0 Å². The maximum atomic E-state index is 5.13. The number of hydrogen-bond acceptors (Lipinski definition) is 4. The summed E-state index contributed by atoms with van der Waals surface area (Å²) in [5.41, 5.74) is 1.08. The van der Waals surface area contributed by atoms with Gasteiger partial charge in [0.1, 0.15) is 0 Å². The first-order valence-corrected chi connectivity index (χ1v) is 6.04. The lowest BCUT2D eigenvalue weighted by Crippen LogP contribution is -2.37. The van der Waals surface area contributed by atoms with Gasteiger partial charge in [-0.05, 0) is 26.1 Å². The molecule has 1 unspecified atom stereocenters. The summed E-state index contributed by atoms with van der Waals surface area (Å²) < 4.78 is 5.13. The van der Waals surface area contributed by atoms with Crippen LogP contribution in [-0.2, 0) is 11.3 Å². The van der Waals surface area contributed by atoms with Crippen LogP contribution in [-0.4, -0.2) is 49.8 Å². The van der Waals surface area contributed by atoms with Crippen molar-refractivity contribution < 1.29 is 4.74 Å². The Morgan fingerprint density at radius 2 is 2.29 bits per heavy atom. The van der Waals surface area contributed by atoms with E-state index in [0.29, 0.717) is 6.04 Å². The van der Waals surface area contributed by atoms with Gasteiger partial charge in [0.05, 0.1) is 12.3 Å². The molecule has 0 amide bonds. The molecule has 17 heavy (non-hydrogen) atoms. The number of ether oxygens (including phenoxy) is 1. The number of nitrogens with one attached hydrogen (secondary N) is 1. The number of aromatic nitrogens is 1. The number of nitrogens with zero attached hydrogens (tertiary/aromatic N) is 2. The van der Waals surface area contributed by atoms with E-state index in [4.69, 9.17) is 4.74 Å². The molecule has 0 bridgehead atoms. The van der Waals surface area contributed by atoms with Gasteiger partial charge in [-0.2, -0.15) is 0 Å². The number of methoxy groups -OCH3 is 1. The van der Waals surface area contributed by atoms with Crippen LogP contribution in [0.2, 0.25) is 0 Å². The lowest BCUT2D eigenvalue weighted by Gasteiger charge is -2.23. The largest absolute Gasteiger partial charge is 0.383 e. The summed E-state index contributed by atoms with van der Waals surface area (Å²) in [5.74, 6) is 0. The van der Waals surface area contributed by atoms with E-state index in [0.717, 1.165) is 31.9 Å². The fourth-order valence-corrected chi connectivity index (χ4v) is 1.56. The maximum absolute atomic E-state index is 5.13. The number of hydrogen-bond donors (Lipinski definition) is 1. The molecule has 1 atom stereocenters. The molecule has 0 radical (unpaired) electrons. The second-order valence-electron chi connectivity index (χ2n) is 4.28. The number of likely N-dealkylation sites (N-methyl/N-ethyl adjacent to an activating group) is 1. The van der Waals surface area contributed by atoms with Gasteiger partial charge in [-0.1, -0.05) is 6.07 Å². The minimum atomic E-state index is 0.455. The van der Waals surface area contributed by atoms with Crippen LogP contribution in [0.3, 0.4) is 0 Å². The average Bonchev–Trinajstić information content (AvgIpc) is 2.36. The third-order valence-electron chi connectivity index (χ3n) is 2.83. The van der Waals surface area contributed by atoms with E-state index >= 15 is 0 Å². The van der Waals surface area contributed by atoms with Gasteiger partial charge in [-0.3, -0.25) is 4.98 Å². The summed E-state index contributed by atoms with van der Waals surface area (Å²) >= 11 is 0. The third kappa shape index (κ3) is 5.77. The molecular weight excluding hydrogens is 214 g/mol. The van der Waals surface area contributed by atoms with Gasteiger partial charge >= 0.3 is 0 Å². The Morgan fingerprint density at radius 1 is 1.47 bits per heavy atom. The van der Waals surface area contributed by atoms with E-state index in [2.05, 4.69) is 29.2 Å². The van der Waals surface area contributed by atoms with Crippen molar-refractivity contribution in [2.75, 3.05) is 33.9 Å². The van der Waals surface area contributed by atoms with Crippen LogP contribution >= 0.6 is 0 Å². The SMILES string of the molecule is COCC(C)N(C)CCNCc1ccccn1. The molecule has 0 saturated heterocycles. The van der Waals surface area contributed by atoms with Crippen molar-refractivity contribution in [1.82, 2.24) is 15.2 Å². The Hall–Kier alpha value is -0.970. The molecular formula is C13H23N3O. The van der Waals surface area contributed by atoms with Crippen molar-refractivity contribution in [2.24, 2.45) is 0 Å². The van der Waals surface area contributed by atoms with Crippen LogP contribution in [0, 0.1) is 0 Å².